The first-order valence-electron chi connectivity index (χ1n) is 9.84. The minimum absolute atomic E-state index is 0.109. The normalized spacial score (nSPS) is 10.7. The fourth-order valence-electron chi connectivity index (χ4n) is 2.90. The summed E-state index contributed by atoms with van der Waals surface area (Å²) >= 11 is 12.1. The van der Waals surface area contributed by atoms with Gasteiger partial charge >= 0.3 is 0 Å². The number of aromatic nitrogens is 2. The molecule has 0 bridgehead atoms. The van der Waals surface area contributed by atoms with Gasteiger partial charge in [0.25, 0.3) is 5.91 Å². The molecular formula is C22H22Cl2N4O4. The van der Waals surface area contributed by atoms with Crippen molar-refractivity contribution in [2.75, 3.05) is 26.8 Å². The van der Waals surface area contributed by atoms with Crippen molar-refractivity contribution in [3.8, 4) is 11.3 Å². The van der Waals surface area contributed by atoms with Gasteiger partial charge in [0.05, 0.1) is 11.6 Å². The number of rotatable bonds is 10. The number of hydrogen-bond acceptors (Lipinski definition) is 6. The van der Waals surface area contributed by atoms with E-state index >= 15 is 0 Å². The number of amides is 2. The summed E-state index contributed by atoms with van der Waals surface area (Å²) in [7, 11) is 1.54. The van der Waals surface area contributed by atoms with Gasteiger partial charge in [0.1, 0.15) is 0 Å². The molecule has 2 heterocycles. The van der Waals surface area contributed by atoms with Crippen molar-refractivity contribution in [3.63, 3.8) is 0 Å². The van der Waals surface area contributed by atoms with Gasteiger partial charge in [-0.3, -0.25) is 14.6 Å². The van der Waals surface area contributed by atoms with Gasteiger partial charge in [0, 0.05) is 62.2 Å². The second-order valence-electron chi connectivity index (χ2n) is 6.87. The third-order valence-corrected chi connectivity index (χ3v) is 5.15. The average Bonchev–Trinajstić information content (AvgIpc) is 3.28. The first-order chi connectivity index (χ1) is 15.5. The van der Waals surface area contributed by atoms with E-state index < -0.39 is 0 Å². The molecule has 0 aliphatic rings. The van der Waals surface area contributed by atoms with Crippen LogP contribution >= 0.6 is 23.2 Å². The van der Waals surface area contributed by atoms with Gasteiger partial charge in [0.15, 0.2) is 11.5 Å². The van der Waals surface area contributed by atoms with Gasteiger partial charge < -0.3 is 19.5 Å². The quantitative estimate of drug-likeness (QED) is 0.477. The summed E-state index contributed by atoms with van der Waals surface area (Å²) in [6.45, 7) is 1.18. The number of benzene rings is 1. The van der Waals surface area contributed by atoms with Crippen LogP contribution in [0.25, 0.3) is 11.3 Å². The Morgan fingerprint density at radius 2 is 2.03 bits per heavy atom. The Morgan fingerprint density at radius 3 is 2.75 bits per heavy atom. The van der Waals surface area contributed by atoms with E-state index in [1.807, 2.05) is 6.07 Å². The third kappa shape index (κ3) is 6.53. The highest BCUT2D eigenvalue weighted by molar-refractivity contribution is 6.36. The molecule has 1 N–H and O–H groups in total. The Kier molecular flexibility index (Phi) is 8.61. The van der Waals surface area contributed by atoms with Gasteiger partial charge in [-0.15, -0.1) is 0 Å². The fourth-order valence-corrected chi connectivity index (χ4v) is 3.40. The average molecular weight is 477 g/mol. The SMILES string of the molecule is COCCN(CCC(=O)NCc1cccnc1)C(=O)c1cc(-c2ccc(Cl)cc2Cl)on1. The predicted octanol–water partition coefficient (Wildman–Crippen LogP) is 3.84. The summed E-state index contributed by atoms with van der Waals surface area (Å²) < 4.78 is 10.4. The Bertz CT molecular complexity index is 1060. The van der Waals surface area contributed by atoms with E-state index in [-0.39, 0.29) is 30.5 Å². The van der Waals surface area contributed by atoms with Crippen LogP contribution in [-0.2, 0) is 16.1 Å². The molecule has 3 aromatic rings. The van der Waals surface area contributed by atoms with Crippen molar-refractivity contribution in [2.45, 2.75) is 13.0 Å². The molecule has 0 radical (unpaired) electrons. The van der Waals surface area contributed by atoms with Crippen molar-refractivity contribution in [2.24, 2.45) is 0 Å². The minimum Gasteiger partial charge on any atom is -0.383 e. The lowest BCUT2D eigenvalue weighted by molar-refractivity contribution is -0.121. The minimum atomic E-state index is -0.373. The number of carbonyl (C=O) groups excluding carboxylic acids is 2. The monoisotopic (exact) mass is 476 g/mol. The molecule has 3 rings (SSSR count). The summed E-state index contributed by atoms with van der Waals surface area (Å²) in [5.41, 5.74) is 1.57. The van der Waals surface area contributed by atoms with Crippen molar-refractivity contribution in [1.82, 2.24) is 20.4 Å². The van der Waals surface area contributed by atoms with Gasteiger partial charge in [0.2, 0.25) is 5.91 Å². The van der Waals surface area contributed by atoms with Crippen LogP contribution in [-0.4, -0.2) is 53.7 Å². The zero-order chi connectivity index (χ0) is 22.9. The lowest BCUT2D eigenvalue weighted by atomic mass is 10.1. The van der Waals surface area contributed by atoms with E-state index in [2.05, 4.69) is 15.5 Å². The largest absolute Gasteiger partial charge is 0.383 e. The van der Waals surface area contributed by atoms with Crippen molar-refractivity contribution >= 4 is 35.0 Å². The van der Waals surface area contributed by atoms with E-state index in [1.54, 1.807) is 43.8 Å². The van der Waals surface area contributed by atoms with Gasteiger partial charge in [-0.25, -0.2) is 0 Å². The van der Waals surface area contributed by atoms with Crippen LogP contribution in [0.4, 0.5) is 0 Å². The van der Waals surface area contributed by atoms with Gasteiger partial charge in [-0.2, -0.15) is 0 Å². The number of pyridine rings is 1. The third-order valence-electron chi connectivity index (χ3n) is 4.60. The van der Waals surface area contributed by atoms with Crippen LogP contribution in [0.5, 0.6) is 0 Å². The molecule has 0 aliphatic carbocycles. The van der Waals surface area contributed by atoms with Crippen LogP contribution < -0.4 is 5.32 Å². The van der Waals surface area contributed by atoms with Crippen molar-refractivity contribution in [1.29, 1.82) is 0 Å². The Morgan fingerprint density at radius 1 is 1.19 bits per heavy atom. The van der Waals surface area contributed by atoms with E-state index in [0.29, 0.717) is 41.1 Å². The maximum Gasteiger partial charge on any atom is 0.276 e. The molecule has 168 valence electrons. The zero-order valence-electron chi connectivity index (χ0n) is 17.4. The predicted molar refractivity (Wildman–Crippen MR) is 120 cm³/mol. The van der Waals surface area contributed by atoms with E-state index in [1.165, 1.54) is 11.0 Å². The number of hydrogen-bond donors (Lipinski definition) is 1. The fraction of sp³-hybridized carbons (Fsp3) is 0.273. The topological polar surface area (TPSA) is 97.6 Å². The molecule has 32 heavy (non-hydrogen) atoms. The van der Waals surface area contributed by atoms with Crippen LogP contribution in [0.2, 0.25) is 10.0 Å². The smallest absolute Gasteiger partial charge is 0.276 e. The second-order valence-corrected chi connectivity index (χ2v) is 7.72. The summed E-state index contributed by atoms with van der Waals surface area (Å²) in [4.78, 5) is 30.7. The Balaban J connectivity index is 1.63. The summed E-state index contributed by atoms with van der Waals surface area (Å²) in [6, 6.07) is 10.1. The van der Waals surface area contributed by atoms with Gasteiger partial charge in [-0.1, -0.05) is 34.4 Å². The van der Waals surface area contributed by atoms with Crippen LogP contribution in [0.15, 0.2) is 53.3 Å². The van der Waals surface area contributed by atoms with Gasteiger partial charge in [-0.05, 0) is 29.8 Å². The molecule has 0 unspecified atom stereocenters. The molecular weight excluding hydrogens is 455 g/mol. The molecule has 0 atom stereocenters. The highest BCUT2D eigenvalue weighted by Crippen LogP contribution is 2.30. The van der Waals surface area contributed by atoms with Crippen LogP contribution in [0, 0.1) is 0 Å². The Labute approximate surface area is 195 Å². The number of ether oxygens (including phenoxy) is 1. The number of methoxy groups -OCH3 is 1. The van der Waals surface area contributed by atoms with Crippen molar-refractivity contribution in [3.05, 3.63) is 70.1 Å². The van der Waals surface area contributed by atoms with Crippen LogP contribution in [0.1, 0.15) is 22.5 Å². The maximum absolute atomic E-state index is 13.0. The molecule has 0 saturated carbocycles. The summed E-state index contributed by atoms with van der Waals surface area (Å²) in [6.07, 6.45) is 3.48. The highest BCUT2D eigenvalue weighted by atomic mass is 35.5. The van der Waals surface area contributed by atoms with E-state index in [0.717, 1.165) is 5.56 Å². The molecule has 0 spiro atoms. The van der Waals surface area contributed by atoms with Crippen molar-refractivity contribution < 1.29 is 18.8 Å². The van der Waals surface area contributed by atoms with E-state index in [4.69, 9.17) is 32.5 Å². The maximum atomic E-state index is 13.0. The molecule has 0 aliphatic heterocycles. The molecule has 8 nitrogen and oxygen atoms in total. The molecule has 0 fully saturated rings. The molecule has 2 aromatic heterocycles. The van der Waals surface area contributed by atoms with Crippen LogP contribution in [0.3, 0.4) is 0 Å². The standard InChI is InChI=1S/C22H22Cl2N4O4/c1-31-10-9-28(8-6-21(29)26-14-15-3-2-7-25-13-15)22(30)19-12-20(32-27-19)17-5-4-16(23)11-18(17)24/h2-5,7,11-13H,6,8-10,14H2,1H3,(H,26,29). The molecule has 10 heteroatoms. The first kappa shape index (κ1) is 23.7. The second kappa shape index (κ2) is 11.6. The highest BCUT2D eigenvalue weighted by Gasteiger charge is 2.22. The lowest BCUT2D eigenvalue weighted by Gasteiger charge is -2.21. The Hall–Kier alpha value is -2.94. The summed E-state index contributed by atoms with van der Waals surface area (Å²) in [5, 5.41) is 7.57. The lowest BCUT2D eigenvalue weighted by Crippen LogP contribution is -2.37. The molecule has 0 saturated heterocycles. The van der Waals surface area contributed by atoms with E-state index in [9.17, 15) is 9.59 Å². The first-order valence-corrected chi connectivity index (χ1v) is 10.6. The number of halogens is 2. The number of carbonyl (C=O) groups is 2. The molecule has 2 amide bonds. The summed E-state index contributed by atoms with van der Waals surface area (Å²) in [5.74, 6) is -0.212. The number of nitrogens with one attached hydrogen (secondary N) is 1. The zero-order valence-corrected chi connectivity index (χ0v) is 18.9. The molecule has 1 aromatic carbocycles. The number of nitrogens with zero attached hydrogens (tertiary/aromatic N) is 3.